The standard InChI is InChI=1S/C12H17NO2.ClH/c1-15-11-7-3-2-5-9(11)12-10(14)6-4-8-13-12;/h2-3,5,7,10,12-14H,4,6,8H2,1H3;1H. The van der Waals surface area contributed by atoms with Crippen molar-refractivity contribution in [2.24, 2.45) is 0 Å². The zero-order chi connectivity index (χ0) is 10.7. The molecule has 3 nitrogen and oxygen atoms in total. The summed E-state index contributed by atoms with van der Waals surface area (Å²) < 4.78 is 5.30. The van der Waals surface area contributed by atoms with E-state index < -0.39 is 0 Å². The van der Waals surface area contributed by atoms with Gasteiger partial charge in [-0.1, -0.05) is 18.2 Å². The Bertz CT molecular complexity index is 333. The molecule has 4 heteroatoms. The van der Waals surface area contributed by atoms with Gasteiger partial charge in [0.05, 0.1) is 19.3 Å². The largest absolute Gasteiger partial charge is 0.496 e. The van der Waals surface area contributed by atoms with E-state index in [-0.39, 0.29) is 24.6 Å². The Hall–Kier alpha value is -0.770. The molecule has 2 rings (SSSR count). The van der Waals surface area contributed by atoms with Gasteiger partial charge in [0.1, 0.15) is 5.75 Å². The summed E-state index contributed by atoms with van der Waals surface area (Å²) in [4.78, 5) is 0. The lowest BCUT2D eigenvalue weighted by Gasteiger charge is -2.30. The third kappa shape index (κ3) is 2.67. The van der Waals surface area contributed by atoms with Crippen LogP contribution in [0.1, 0.15) is 24.4 Å². The second-order valence-electron chi connectivity index (χ2n) is 3.88. The zero-order valence-electron chi connectivity index (χ0n) is 9.35. The van der Waals surface area contributed by atoms with Crippen molar-refractivity contribution in [3.63, 3.8) is 0 Å². The number of rotatable bonds is 2. The fraction of sp³-hybridized carbons (Fsp3) is 0.500. The van der Waals surface area contributed by atoms with Crippen molar-refractivity contribution in [3.05, 3.63) is 29.8 Å². The number of halogens is 1. The van der Waals surface area contributed by atoms with Gasteiger partial charge < -0.3 is 15.2 Å². The van der Waals surface area contributed by atoms with Gasteiger partial charge in [-0.3, -0.25) is 0 Å². The van der Waals surface area contributed by atoms with Gasteiger partial charge in [0.2, 0.25) is 0 Å². The SMILES string of the molecule is COc1ccccc1C1NCCCC1O.Cl. The van der Waals surface area contributed by atoms with Crippen LogP contribution in [0.3, 0.4) is 0 Å². The van der Waals surface area contributed by atoms with Gasteiger partial charge in [-0.05, 0) is 25.5 Å². The zero-order valence-corrected chi connectivity index (χ0v) is 10.2. The predicted molar refractivity (Wildman–Crippen MR) is 66.2 cm³/mol. The topological polar surface area (TPSA) is 41.5 Å². The van der Waals surface area contributed by atoms with Crippen molar-refractivity contribution in [1.29, 1.82) is 0 Å². The molecule has 0 spiro atoms. The Morgan fingerprint density at radius 1 is 1.38 bits per heavy atom. The van der Waals surface area contributed by atoms with E-state index in [2.05, 4.69) is 5.32 Å². The molecule has 0 aromatic heterocycles. The maximum atomic E-state index is 9.92. The highest BCUT2D eigenvalue weighted by Gasteiger charge is 2.26. The first kappa shape index (κ1) is 13.3. The number of hydrogen-bond donors (Lipinski definition) is 2. The molecular formula is C12H18ClNO2. The second-order valence-corrected chi connectivity index (χ2v) is 3.88. The molecule has 1 fully saturated rings. The van der Waals surface area contributed by atoms with Crippen LogP contribution < -0.4 is 10.1 Å². The van der Waals surface area contributed by atoms with Gasteiger partial charge >= 0.3 is 0 Å². The summed E-state index contributed by atoms with van der Waals surface area (Å²) in [5.41, 5.74) is 1.05. The monoisotopic (exact) mass is 243 g/mol. The minimum atomic E-state index is -0.310. The van der Waals surface area contributed by atoms with Gasteiger partial charge in [-0.15, -0.1) is 12.4 Å². The van der Waals surface area contributed by atoms with Crippen molar-refractivity contribution >= 4 is 12.4 Å². The fourth-order valence-corrected chi connectivity index (χ4v) is 2.11. The van der Waals surface area contributed by atoms with Crippen LogP contribution in [0.25, 0.3) is 0 Å². The fourth-order valence-electron chi connectivity index (χ4n) is 2.11. The molecule has 1 aromatic carbocycles. The summed E-state index contributed by atoms with van der Waals surface area (Å²) in [7, 11) is 1.66. The second kappa shape index (κ2) is 6.09. The van der Waals surface area contributed by atoms with E-state index in [4.69, 9.17) is 4.74 Å². The first-order chi connectivity index (χ1) is 7.33. The number of benzene rings is 1. The van der Waals surface area contributed by atoms with E-state index in [1.807, 2.05) is 24.3 Å². The van der Waals surface area contributed by atoms with Gasteiger partial charge in [-0.25, -0.2) is 0 Å². The Kier molecular flexibility index (Phi) is 5.06. The normalized spacial score (nSPS) is 24.6. The molecule has 1 aromatic rings. The van der Waals surface area contributed by atoms with Gasteiger partial charge in [0.15, 0.2) is 0 Å². The quantitative estimate of drug-likeness (QED) is 0.834. The molecular weight excluding hydrogens is 226 g/mol. The number of aliphatic hydroxyl groups excluding tert-OH is 1. The summed E-state index contributed by atoms with van der Waals surface area (Å²) in [6.45, 7) is 0.958. The lowest BCUT2D eigenvalue weighted by atomic mass is 9.94. The molecule has 2 N–H and O–H groups in total. The van der Waals surface area contributed by atoms with Crippen LogP contribution >= 0.6 is 12.4 Å². The molecule has 1 saturated heterocycles. The van der Waals surface area contributed by atoms with Crippen LogP contribution in [0.4, 0.5) is 0 Å². The summed E-state index contributed by atoms with van der Waals surface area (Å²) in [6, 6.07) is 7.86. The lowest BCUT2D eigenvalue weighted by molar-refractivity contribution is 0.0953. The van der Waals surface area contributed by atoms with Gasteiger partial charge in [0.25, 0.3) is 0 Å². The molecule has 0 bridgehead atoms. The van der Waals surface area contributed by atoms with Crippen molar-refractivity contribution < 1.29 is 9.84 Å². The molecule has 1 aliphatic heterocycles. The summed E-state index contributed by atoms with van der Waals surface area (Å²) in [5.74, 6) is 0.843. The van der Waals surface area contributed by atoms with Crippen molar-refractivity contribution in [2.45, 2.75) is 25.0 Å². The molecule has 0 saturated carbocycles. The first-order valence-corrected chi connectivity index (χ1v) is 5.37. The van der Waals surface area contributed by atoms with Crippen molar-refractivity contribution in [1.82, 2.24) is 5.32 Å². The van der Waals surface area contributed by atoms with E-state index in [0.29, 0.717) is 0 Å². The third-order valence-electron chi connectivity index (χ3n) is 2.90. The number of hydrogen-bond acceptors (Lipinski definition) is 3. The Balaban J connectivity index is 0.00000128. The highest BCUT2D eigenvalue weighted by atomic mass is 35.5. The number of methoxy groups -OCH3 is 1. The Labute approximate surface area is 102 Å². The van der Waals surface area contributed by atoms with Crippen molar-refractivity contribution in [2.75, 3.05) is 13.7 Å². The van der Waals surface area contributed by atoms with E-state index in [1.165, 1.54) is 0 Å². The summed E-state index contributed by atoms with van der Waals surface area (Å²) in [5, 5.41) is 13.3. The average molecular weight is 244 g/mol. The Morgan fingerprint density at radius 2 is 2.12 bits per heavy atom. The van der Waals surface area contributed by atoms with E-state index in [0.717, 1.165) is 30.7 Å². The van der Waals surface area contributed by atoms with Crippen LogP contribution in [-0.4, -0.2) is 24.9 Å². The smallest absolute Gasteiger partial charge is 0.123 e. The molecule has 0 aliphatic carbocycles. The number of piperidine rings is 1. The lowest BCUT2D eigenvalue weighted by Crippen LogP contribution is -2.37. The van der Waals surface area contributed by atoms with Crippen LogP contribution in [-0.2, 0) is 0 Å². The Morgan fingerprint density at radius 3 is 2.81 bits per heavy atom. The van der Waals surface area contributed by atoms with Gasteiger partial charge in [0, 0.05) is 5.56 Å². The summed E-state index contributed by atoms with van der Waals surface area (Å²) in [6.07, 6.45) is 1.58. The number of ether oxygens (including phenoxy) is 1. The van der Waals surface area contributed by atoms with Gasteiger partial charge in [-0.2, -0.15) is 0 Å². The first-order valence-electron chi connectivity index (χ1n) is 5.37. The number of nitrogens with one attached hydrogen (secondary N) is 1. The van der Waals surface area contributed by atoms with E-state index in [9.17, 15) is 5.11 Å². The minimum absolute atomic E-state index is 0. The highest BCUT2D eigenvalue weighted by Crippen LogP contribution is 2.30. The highest BCUT2D eigenvalue weighted by molar-refractivity contribution is 5.85. The maximum Gasteiger partial charge on any atom is 0.123 e. The molecule has 1 heterocycles. The van der Waals surface area contributed by atoms with E-state index in [1.54, 1.807) is 7.11 Å². The minimum Gasteiger partial charge on any atom is -0.496 e. The maximum absolute atomic E-state index is 9.92. The van der Waals surface area contributed by atoms with Crippen LogP contribution in [0.2, 0.25) is 0 Å². The molecule has 2 unspecified atom stereocenters. The molecule has 0 radical (unpaired) electrons. The molecule has 1 aliphatic rings. The van der Waals surface area contributed by atoms with Crippen LogP contribution in [0.5, 0.6) is 5.75 Å². The number of para-hydroxylation sites is 1. The number of aliphatic hydroxyl groups is 1. The molecule has 2 atom stereocenters. The average Bonchev–Trinajstić information content (AvgIpc) is 2.30. The predicted octanol–water partition coefficient (Wildman–Crippen LogP) is 1.90. The van der Waals surface area contributed by atoms with E-state index >= 15 is 0 Å². The van der Waals surface area contributed by atoms with Crippen LogP contribution in [0, 0.1) is 0 Å². The third-order valence-corrected chi connectivity index (χ3v) is 2.90. The van der Waals surface area contributed by atoms with Crippen molar-refractivity contribution in [3.8, 4) is 5.75 Å². The molecule has 0 amide bonds. The summed E-state index contributed by atoms with van der Waals surface area (Å²) >= 11 is 0. The molecule has 90 valence electrons. The van der Waals surface area contributed by atoms with Crippen LogP contribution in [0.15, 0.2) is 24.3 Å². The molecule has 16 heavy (non-hydrogen) atoms.